The van der Waals surface area contributed by atoms with Crippen LogP contribution in [0.5, 0.6) is 5.75 Å². The van der Waals surface area contributed by atoms with Crippen molar-refractivity contribution in [2.24, 2.45) is 0 Å². The van der Waals surface area contributed by atoms with Crippen LogP contribution in [0.25, 0.3) is 6.08 Å². The Hall–Kier alpha value is -3.41. The lowest BCUT2D eigenvalue weighted by molar-refractivity contribution is -0.117. The highest BCUT2D eigenvalue weighted by molar-refractivity contribution is 5.97. The Morgan fingerprint density at radius 3 is 2.46 bits per heavy atom. The molecule has 0 radical (unpaired) electrons. The number of hydrogen-bond donors (Lipinski definition) is 2. The second kappa shape index (κ2) is 9.78. The maximum Gasteiger partial charge on any atom is 0.269 e. The molecule has 0 unspecified atom stereocenters. The Morgan fingerprint density at radius 2 is 1.81 bits per heavy atom. The summed E-state index contributed by atoms with van der Waals surface area (Å²) in [6, 6.07) is 10.5. The Balaban J connectivity index is 1.78. The molecule has 0 bridgehead atoms. The molecular formula is C20H21N3O3. The number of nitrogens with zero attached hydrogens (tertiary/aromatic N) is 1. The third-order valence-corrected chi connectivity index (χ3v) is 3.35. The standard InChI is InChI=1S/C20H21N3O3/c1-15(2)11-14-26-18-6-3-16(4-7-18)5-8-19(24)22-23-20(25)17-9-12-21-13-10-17/h3-10,12-13H,1,11,14H2,2H3,(H,22,24)(H,23,25)/b8-5+. The average molecular weight is 351 g/mol. The Kier molecular flexibility index (Phi) is 7.12. The van der Waals surface area contributed by atoms with Gasteiger partial charge in [0.1, 0.15) is 5.75 Å². The SMILES string of the molecule is C=C(C)CCOc1ccc(/C=C/C(=O)NNC(=O)c2ccncc2)cc1. The van der Waals surface area contributed by atoms with E-state index in [4.69, 9.17) is 4.74 Å². The zero-order valence-corrected chi connectivity index (χ0v) is 14.6. The molecule has 2 aromatic rings. The first kappa shape index (κ1) is 18.9. The van der Waals surface area contributed by atoms with Crippen molar-refractivity contribution < 1.29 is 14.3 Å². The number of benzene rings is 1. The number of pyridine rings is 1. The Morgan fingerprint density at radius 1 is 1.12 bits per heavy atom. The van der Waals surface area contributed by atoms with Crippen molar-refractivity contribution in [3.8, 4) is 5.75 Å². The zero-order valence-electron chi connectivity index (χ0n) is 14.6. The van der Waals surface area contributed by atoms with Crippen LogP contribution in [0.15, 0.2) is 67.0 Å². The highest BCUT2D eigenvalue weighted by Crippen LogP contribution is 2.14. The summed E-state index contributed by atoms with van der Waals surface area (Å²) in [7, 11) is 0. The van der Waals surface area contributed by atoms with Crippen LogP contribution in [0.2, 0.25) is 0 Å². The molecule has 0 aliphatic rings. The third-order valence-electron chi connectivity index (χ3n) is 3.35. The molecule has 134 valence electrons. The van der Waals surface area contributed by atoms with E-state index in [9.17, 15) is 9.59 Å². The maximum atomic E-state index is 11.8. The van der Waals surface area contributed by atoms with Gasteiger partial charge in [0.2, 0.25) is 0 Å². The number of hydrazine groups is 1. The minimum Gasteiger partial charge on any atom is -0.493 e. The van der Waals surface area contributed by atoms with Crippen molar-refractivity contribution in [3.05, 3.63) is 78.1 Å². The van der Waals surface area contributed by atoms with E-state index in [0.29, 0.717) is 12.2 Å². The number of hydrogen-bond acceptors (Lipinski definition) is 4. The van der Waals surface area contributed by atoms with E-state index in [1.54, 1.807) is 18.2 Å². The molecule has 0 fully saturated rings. The van der Waals surface area contributed by atoms with E-state index in [1.807, 2.05) is 31.2 Å². The van der Waals surface area contributed by atoms with Crippen LogP contribution in [0, 0.1) is 0 Å². The molecule has 6 nitrogen and oxygen atoms in total. The van der Waals surface area contributed by atoms with Crippen molar-refractivity contribution in [3.63, 3.8) is 0 Å². The molecule has 0 saturated carbocycles. The van der Waals surface area contributed by atoms with Crippen LogP contribution in [-0.2, 0) is 4.79 Å². The van der Waals surface area contributed by atoms with Crippen LogP contribution in [0.1, 0.15) is 29.3 Å². The second-order valence-electron chi connectivity index (χ2n) is 5.64. The first-order valence-corrected chi connectivity index (χ1v) is 8.10. The van der Waals surface area contributed by atoms with Gasteiger partial charge in [-0.1, -0.05) is 17.7 Å². The normalized spacial score (nSPS) is 10.3. The number of carbonyl (C=O) groups excluding carboxylic acids is 2. The van der Waals surface area contributed by atoms with Gasteiger partial charge in [0.05, 0.1) is 6.61 Å². The van der Waals surface area contributed by atoms with Crippen LogP contribution >= 0.6 is 0 Å². The van der Waals surface area contributed by atoms with E-state index < -0.39 is 11.8 Å². The molecule has 0 saturated heterocycles. The van der Waals surface area contributed by atoms with Gasteiger partial charge in [-0.05, 0) is 42.8 Å². The first-order chi connectivity index (χ1) is 12.5. The van der Waals surface area contributed by atoms with E-state index in [0.717, 1.165) is 23.3 Å². The van der Waals surface area contributed by atoms with Crippen molar-refractivity contribution in [1.82, 2.24) is 15.8 Å². The van der Waals surface area contributed by atoms with Crippen molar-refractivity contribution in [1.29, 1.82) is 0 Å². The van der Waals surface area contributed by atoms with Gasteiger partial charge in [0.15, 0.2) is 0 Å². The molecule has 26 heavy (non-hydrogen) atoms. The molecule has 0 atom stereocenters. The molecule has 2 rings (SSSR count). The van der Waals surface area contributed by atoms with Gasteiger partial charge in [-0.3, -0.25) is 25.4 Å². The summed E-state index contributed by atoms with van der Waals surface area (Å²) in [5.41, 5.74) is 6.98. The van der Waals surface area contributed by atoms with Gasteiger partial charge in [0, 0.05) is 30.5 Å². The van der Waals surface area contributed by atoms with Crippen LogP contribution < -0.4 is 15.6 Å². The lowest BCUT2D eigenvalue weighted by atomic mass is 10.2. The monoisotopic (exact) mass is 351 g/mol. The van der Waals surface area contributed by atoms with Gasteiger partial charge in [-0.25, -0.2) is 0 Å². The van der Waals surface area contributed by atoms with Gasteiger partial charge in [-0.2, -0.15) is 0 Å². The molecule has 0 aliphatic heterocycles. The fraction of sp³-hybridized carbons (Fsp3) is 0.150. The fourth-order valence-corrected chi connectivity index (χ4v) is 1.93. The highest BCUT2D eigenvalue weighted by Gasteiger charge is 2.04. The molecular weight excluding hydrogens is 330 g/mol. The molecule has 1 heterocycles. The van der Waals surface area contributed by atoms with Crippen molar-refractivity contribution in [2.45, 2.75) is 13.3 Å². The number of rotatable bonds is 7. The Bertz CT molecular complexity index is 784. The maximum absolute atomic E-state index is 11.8. The van der Waals surface area contributed by atoms with Gasteiger partial charge < -0.3 is 4.74 Å². The minimum absolute atomic E-state index is 0.409. The molecule has 6 heteroatoms. The second-order valence-corrected chi connectivity index (χ2v) is 5.64. The predicted molar refractivity (Wildman–Crippen MR) is 100 cm³/mol. The quantitative estimate of drug-likeness (QED) is 0.457. The summed E-state index contributed by atoms with van der Waals surface area (Å²) in [4.78, 5) is 27.4. The minimum atomic E-state index is -0.436. The smallest absolute Gasteiger partial charge is 0.269 e. The number of nitrogens with one attached hydrogen (secondary N) is 2. The van der Waals surface area contributed by atoms with Gasteiger partial charge in [0.25, 0.3) is 11.8 Å². The topological polar surface area (TPSA) is 80.3 Å². The van der Waals surface area contributed by atoms with Gasteiger partial charge in [-0.15, -0.1) is 6.58 Å². The summed E-state index contributed by atoms with van der Waals surface area (Å²) >= 11 is 0. The lowest BCUT2D eigenvalue weighted by Gasteiger charge is -2.06. The van der Waals surface area contributed by atoms with Crippen LogP contribution in [-0.4, -0.2) is 23.4 Å². The zero-order chi connectivity index (χ0) is 18.8. The van der Waals surface area contributed by atoms with E-state index in [2.05, 4.69) is 22.4 Å². The molecule has 2 amide bonds. The summed E-state index contributed by atoms with van der Waals surface area (Å²) in [5.74, 6) is -0.0860. The number of aromatic nitrogens is 1. The van der Waals surface area contributed by atoms with Crippen LogP contribution in [0.3, 0.4) is 0 Å². The summed E-state index contributed by atoms with van der Waals surface area (Å²) < 4.78 is 5.59. The summed E-state index contributed by atoms with van der Waals surface area (Å²) in [5, 5.41) is 0. The predicted octanol–water partition coefficient (Wildman–Crippen LogP) is 2.90. The number of amides is 2. The number of carbonyl (C=O) groups is 2. The number of ether oxygens (including phenoxy) is 1. The molecule has 1 aromatic carbocycles. The van der Waals surface area contributed by atoms with Gasteiger partial charge >= 0.3 is 0 Å². The average Bonchev–Trinajstić information content (AvgIpc) is 2.66. The third kappa shape index (κ3) is 6.60. The largest absolute Gasteiger partial charge is 0.493 e. The highest BCUT2D eigenvalue weighted by atomic mass is 16.5. The summed E-state index contributed by atoms with van der Waals surface area (Å²) in [6.45, 7) is 6.38. The molecule has 2 N–H and O–H groups in total. The lowest BCUT2D eigenvalue weighted by Crippen LogP contribution is -2.40. The van der Waals surface area contributed by atoms with Crippen molar-refractivity contribution >= 4 is 17.9 Å². The molecule has 0 spiro atoms. The first-order valence-electron chi connectivity index (χ1n) is 8.10. The summed E-state index contributed by atoms with van der Waals surface area (Å²) in [6.07, 6.45) is 6.80. The van der Waals surface area contributed by atoms with Crippen molar-refractivity contribution in [2.75, 3.05) is 6.61 Å². The molecule has 0 aliphatic carbocycles. The van der Waals surface area contributed by atoms with E-state index in [-0.39, 0.29) is 0 Å². The Labute approximate surface area is 152 Å². The van der Waals surface area contributed by atoms with E-state index in [1.165, 1.54) is 18.5 Å². The van der Waals surface area contributed by atoms with E-state index >= 15 is 0 Å². The van der Waals surface area contributed by atoms with Crippen LogP contribution in [0.4, 0.5) is 0 Å². The molecule has 1 aromatic heterocycles. The fourth-order valence-electron chi connectivity index (χ4n) is 1.93.